The van der Waals surface area contributed by atoms with E-state index < -0.39 is 0 Å². The first-order valence-corrected chi connectivity index (χ1v) is 18.5. The Hall–Kier alpha value is -7.16. The Morgan fingerprint density at radius 1 is 0.315 bits per heavy atom. The minimum atomic E-state index is 1.09. The highest BCUT2D eigenvalue weighted by Gasteiger charge is 2.20. The van der Waals surface area contributed by atoms with Crippen molar-refractivity contribution in [3.8, 4) is 39.1 Å². The van der Waals surface area contributed by atoms with Gasteiger partial charge in [-0.2, -0.15) is 0 Å². The zero-order chi connectivity index (χ0) is 35.8. The number of nitrogens with zero attached hydrogens (tertiary/aromatic N) is 2. The maximum Gasteiger partial charge on any atom is 0.0562 e. The molecule has 10 aromatic rings. The van der Waals surface area contributed by atoms with E-state index in [0.717, 1.165) is 28.3 Å². The Kier molecular flexibility index (Phi) is 7.85. The number of hydrogen-bond donors (Lipinski definition) is 0. The minimum absolute atomic E-state index is 1.09. The first kappa shape index (κ1) is 31.6. The van der Waals surface area contributed by atoms with Gasteiger partial charge in [-0.1, -0.05) is 158 Å². The summed E-state index contributed by atoms with van der Waals surface area (Å²) in [5.41, 5.74) is 14.0. The van der Waals surface area contributed by atoms with Gasteiger partial charge in [0.2, 0.25) is 0 Å². The van der Waals surface area contributed by atoms with E-state index in [4.69, 9.17) is 0 Å². The summed E-state index contributed by atoms with van der Waals surface area (Å²) in [6, 6.07) is 78.9. The number of aromatic nitrogens is 1. The summed E-state index contributed by atoms with van der Waals surface area (Å²) in [4.78, 5) is 2.39. The summed E-state index contributed by atoms with van der Waals surface area (Å²) in [6.07, 6.45) is 0. The highest BCUT2D eigenvalue weighted by molar-refractivity contribution is 6.17. The van der Waals surface area contributed by atoms with Crippen LogP contribution >= 0.6 is 0 Å². The standard InChI is InChI=1S/C52H36N2/c1-4-14-37(15-5-1)40-28-30-45(31-29-40)53(46-23-12-20-42(35-46)38-16-6-2-7-17-38)47-32-33-49-51(36-47)54(44-21-8-3-9-22-44)50-25-13-24-48(52(49)50)43-27-26-39-18-10-11-19-41(39)34-43/h1-36H. The Labute approximate surface area is 315 Å². The van der Waals surface area contributed by atoms with Gasteiger partial charge in [-0.3, -0.25) is 0 Å². The van der Waals surface area contributed by atoms with Crippen LogP contribution in [0.15, 0.2) is 218 Å². The summed E-state index contributed by atoms with van der Waals surface area (Å²) in [5.74, 6) is 0. The molecule has 10 rings (SSSR count). The van der Waals surface area contributed by atoms with Gasteiger partial charge in [0, 0.05) is 33.5 Å². The van der Waals surface area contributed by atoms with Crippen LogP contribution in [-0.4, -0.2) is 4.57 Å². The molecular formula is C52H36N2. The Balaban J connectivity index is 1.20. The number of rotatable bonds is 7. The molecule has 0 amide bonds. The van der Waals surface area contributed by atoms with Crippen molar-refractivity contribution in [2.75, 3.05) is 4.90 Å². The van der Waals surface area contributed by atoms with Crippen LogP contribution in [0.1, 0.15) is 0 Å². The van der Waals surface area contributed by atoms with Gasteiger partial charge in [-0.15, -0.1) is 0 Å². The number of fused-ring (bicyclic) bond motifs is 4. The van der Waals surface area contributed by atoms with E-state index in [2.05, 4.69) is 228 Å². The van der Waals surface area contributed by atoms with Crippen LogP contribution in [-0.2, 0) is 0 Å². The lowest BCUT2D eigenvalue weighted by molar-refractivity contribution is 1.18. The van der Waals surface area contributed by atoms with Gasteiger partial charge in [0.05, 0.1) is 11.0 Å². The van der Waals surface area contributed by atoms with Gasteiger partial charge in [0.25, 0.3) is 0 Å². The van der Waals surface area contributed by atoms with E-state index in [-0.39, 0.29) is 0 Å². The lowest BCUT2D eigenvalue weighted by Crippen LogP contribution is -2.10. The largest absolute Gasteiger partial charge is 0.310 e. The topological polar surface area (TPSA) is 8.17 Å². The molecule has 0 aliphatic heterocycles. The van der Waals surface area contributed by atoms with Crippen LogP contribution in [0.5, 0.6) is 0 Å². The molecule has 1 heterocycles. The molecule has 9 aromatic carbocycles. The summed E-state index contributed by atoms with van der Waals surface area (Å²) in [7, 11) is 0. The molecule has 1 aromatic heterocycles. The zero-order valence-corrected chi connectivity index (χ0v) is 29.7. The van der Waals surface area contributed by atoms with Crippen molar-refractivity contribution in [3.05, 3.63) is 218 Å². The van der Waals surface area contributed by atoms with Crippen molar-refractivity contribution < 1.29 is 0 Å². The molecule has 0 bridgehead atoms. The van der Waals surface area contributed by atoms with E-state index in [9.17, 15) is 0 Å². The van der Waals surface area contributed by atoms with Gasteiger partial charge in [-0.05, 0) is 105 Å². The lowest BCUT2D eigenvalue weighted by Gasteiger charge is -2.26. The van der Waals surface area contributed by atoms with Gasteiger partial charge >= 0.3 is 0 Å². The van der Waals surface area contributed by atoms with Crippen molar-refractivity contribution >= 4 is 49.6 Å². The quantitative estimate of drug-likeness (QED) is 0.162. The molecule has 0 saturated carbocycles. The fourth-order valence-electron chi connectivity index (χ4n) is 7.98. The van der Waals surface area contributed by atoms with E-state index in [1.54, 1.807) is 0 Å². The summed E-state index contributed by atoms with van der Waals surface area (Å²) in [5, 5.41) is 4.97. The van der Waals surface area contributed by atoms with Crippen molar-refractivity contribution in [2.45, 2.75) is 0 Å². The van der Waals surface area contributed by atoms with Crippen LogP contribution in [0, 0.1) is 0 Å². The summed E-state index contributed by atoms with van der Waals surface area (Å²) in [6.45, 7) is 0. The monoisotopic (exact) mass is 688 g/mol. The number of benzene rings is 9. The van der Waals surface area contributed by atoms with Crippen LogP contribution in [0.3, 0.4) is 0 Å². The highest BCUT2D eigenvalue weighted by atomic mass is 15.1. The average molecular weight is 689 g/mol. The van der Waals surface area contributed by atoms with Crippen molar-refractivity contribution in [1.29, 1.82) is 0 Å². The van der Waals surface area contributed by atoms with Gasteiger partial charge in [0.15, 0.2) is 0 Å². The van der Waals surface area contributed by atoms with Crippen LogP contribution in [0.2, 0.25) is 0 Å². The third-order valence-corrected chi connectivity index (χ3v) is 10.6. The number of para-hydroxylation sites is 1. The average Bonchev–Trinajstić information content (AvgIpc) is 3.59. The molecule has 0 spiro atoms. The van der Waals surface area contributed by atoms with E-state index in [1.807, 2.05) is 0 Å². The third-order valence-electron chi connectivity index (χ3n) is 10.6. The van der Waals surface area contributed by atoms with Crippen LogP contribution in [0.25, 0.3) is 71.6 Å². The van der Waals surface area contributed by atoms with E-state index >= 15 is 0 Å². The molecule has 0 unspecified atom stereocenters. The maximum atomic E-state index is 2.43. The van der Waals surface area contributed by atoms with E-state index in [0.29, 0.717) is 0 Å². The Morgan fingerprint density at radius 2 is 0.889 bits per heavy atom. The predicted molar refractivity (Wildman–Crippen MR) is 229 cm³/mol. The SMILES string of the molecule is c1ccc(-c2ccc(N(c3cccc(-c4ccccc4)c3)c3ccc4c5c(-c6ccc7ccccc7c6)cccc5n(-c5ccccc5)c4c3)cc2)cc1. The van der Waals surface area contributed by atoms with Gasteiger partial charge in [-0.25, -0.2) is 0 Å². The third kappa shape index (κ3) is 5.62. The molecule has 0 fully saturated rings. The molecule has 2 nitrogen and oxygen atoms in total. The normalized spacial score (nSPS) is 11.3. The smallest absolute Gasteiger partial charge is 0.0562 e. The predicted octanol–water partition coefficient (Wildman–Crippen LogP) is 14.4. The first-order valence-electron chi connectivity index (χ1n) is 18.5. The second-order valence-corrected chi connectivity index (χ2v) is 13.8. The number of anilines is 3. The maximum absolute atomic E-state index is 2.43. The lowest BCUT2D eigenvalue weighted by atomic mass is 9.97. The fourth-order valence-corrected chi connectivity index (χ4v) is 7.98. The van der Waals surface area contributed by atoms with Crippen molar-refractivity contribution in [3.63, 3.8) is 0 Å². The molecule has 0 radical (unpaired) electrons. The van der Waals surface area contributed by atoms with Crippen molar-refractivity contribution in [1.82, 2.24) is 4.57 Å². The molecule has 54 heavy (non-hydrogen) atoms. The highest BCUT2D eigenvalue weighted by Crippen LogP contribution is 2.43. The molecule has 0 N–H and O–H groups in total. The molecule has 0 aliphatic carbocycles. The van der Waals surface area contributed by atoms with Crippen LogP contribution in [0.4, 0.5) is 17.1 Å². The summed E-state index contributed by atoms with van der Waals surface area (Å²) < 4.78 is 2.43. The minimum Gasteiger partial charge on any atom is -0.310 e. The molecule has 0 aliphatic rings. The molecule has 2 heteroatoms. The van der Waals surface area contributed by atoms with E-state index in [1.165, 1.54) is 60.4 Å². The second kappa shape index (κ2) is 13.4. The van der Waals surface area contributed by atoms with Gasteiger partial charge < -0.3 is 9.47 Å². The zero-order valence-electron chi connectivity index (χ0n) is 29.7. The fraction of sp³-hybridized carbons (Fsp3) is 0. The van der Waals surface area contributed by atoms with Gasteiger partial charge in [0.1, 0.15) is 0 Å². The first-order chi connectivity index (χ1) is 26.8. The molecule has 0 saturated heterocycles. The molecular weight excluding hydrogens is 653 g/mol. The van der Waals surface area contributed by atoms with Crippen LogP contribution < -0.4 is 4.90 Å². The summed E-state index contributed by atoms with van der Waals surface area (Å²) >= 11 is 0. The second-order valence-electron chi connectivity index (χ2n) is 13.8. The number of hydrogen-bond acceptors (Lipinski definition) is 1. The Bertz CT molecular complexity index is 2910. The molecule has 254 valence electrons. The van der Waals surface area contributed by atoms with Crippen molar-refractivity contribution in [2.24, 2.45) is 0 Å². The molecule has 0 atom stereocenters. The Morgan fingerprint density at radius 3 is 1.65 bits per heavy atom.